The second-order valence-electron chi connectivity index (χ2n) is 19.6. The molecule has 26 nitrogen and oxygen atoms in total. The van der Waals surface area contributed by atoms with Crippen molar-refractivity contribution in [2.24, 2.45) is 50.5 Å². The Labute approximate surface area is 476 Å². The number of nitrogens with zero attached hydrogens (tertiary/aromatic N) is 2. The van der Waals surface area contributed by atoms with Crippen molar-refractivity contribution in [3.63, 3.8) is 0 Å². The first-order valence-corrected chi connectivity index (χ1v) is 27.5. The number of carbonyl (C=O) groups is 9. The lowest BCUT2D eigenvalue weighted by molar-refractivity contribution is -0.141. The number of aromatic amines is 1. The maximum absolute atomic E-state index is 14.7. The van der Waals surface area contributed by atoms with Crippen LogP contribution in [0.15, 0.2) is 70.8 Å². The summed E-state index contributed by atoms with van der Waals surface area (Å²) in [6, 6.07) is 5.91. The van der Waals surface area contributed by atoms with Gasteiger partial charge >= 0.3 is 5.97 Å². The number of para-hydroxylation sites is 1. The van der Waals surface area contributed by atoms with Crippen LogP contribution in [-0.4, -0.2) is 155 Å². The van der Waals surface area contributed by atoms with Crippen molar-refractivity contribution in [2.45, 2.75) is 127 Å². The van der Waals surface area contributed by atoms with Crippen LogP contribution in [0.5, 0.6) is 0 Å². The van der Waals surface area contributed by atoms with Crippen LogP contribution in [0, 0.1) is 11.8 Å². The first kappa shape index (κ1) is 66.7. The Hall–Kier alpha value is -7.59. The van der Waals surface area contributed by atoms with E-state index in [4.69, 9.17) is 28.7 Å². The molecule has 1 aromatic heterocycles. The molecule has 0 aliphatic rings. The second-order valence-corrected chi connectivity index (χ2v) is 20.3. The zero-order valence-corrected chi connectivity index (χ0v) is 47.3. The lowest BCUT2D eigenvalue weighted by atomic mass is 9.97. The molecule has 9 atom stereocenters. The molecule has 0 spiro atoms. The molecule has 0 radical (unpaired) electrons. The number of benzene rings is 2. The highest BCUT2D eigenvalue weighted by Crippen LogP contribution is 2.20. The Morgan fingerprint density at radius 1 is 0.600 bits per heavy atom. The van der Waals surface area contributed by atoms with Crippen molar-refractivity contribution >= 4 is 101 Å². The van der Waals surface area contributed by atoms with Crippen molar-refractivity contribution < 1.29 is 48.3 Å². The number of nitrogens with two attached hydrogens (primary N) is 5. The number of carbonyl (C=O) groups excluding carboxylic acids is 8. The van der Waals surface area contributed by atoms with Gasteiger partial charge in [-0.15, -0.1) is 0 Å². The van der Waals surface area contributed by atoms with Gasteiger partial charge < -0.3 is 81.3 Å². The van der Waals surface area contributed by atoms with E-state index >= 15 is 0 Å². The number of aliphatic carboxylic acids is 1. The van der Waals surface area contributed by atoms with E-state index in [0.29, 0.717) is 17.5 Å². The second kappa shape index (κ2) is 34.4. The highest BCUT2D eigenvalue weighted by atomic mass is 32.1. The van der Waals surface area contributed by atoms with E-state index in [1.54, 1.807) is 50.4 Å². The largest absolute Gasteiger partial charge is 0.480 e. The predicted octanol–water partition coefficient (Wildman–Crippen LogP) is -2.07. The molecule has 3 aromatic rings. The van der Waals surface area contributed by atoms with Crippen molar-refractivity contribution in [1.82, 2.24) is 47.5 Å². The minimum Gasteiger partial charge on any atom is -0.480 e. The number of thiol groups is 2. The van der Waals surface area contributed by atoms with Gasteiger partial charge in [-0.1, -0.05) is 82.6 Å². The molecule has 0 fully saturated rings. The summed E-state index contributed by atoms with van der Waals surface area (Å²) in [7, 11) is 0. The van der Waals surface area contributed by atoms with Gasteiger partial charge in [-0.3, -0.25) is 48.3 Å². The molecular weight excluding hydrogens is 1070 g/mol. The fourth-order valence-electron chi connectivity index (χ4n) is 8.15. The number of aliphatic imine (C=N–C) groups is 2. The number of hydrogen-bond acceptors (Lipinski definition) is 14. The van der Waals surface area contributed by atoms with Crippen molar-refractivity contribution in [1.29, 1.82) is 0 Å². The summed E-state index contributed by atoms with van der Waals surface area (Å²) < 4.78 is 0. The molecule has 8 amide bonds. The van der Waals surface area contributed by atoms with Gasteiger partial charge in [-0.25, -0.2) is 4.79 Å². The molecule has 80 heavy (non-hydrogen) atoms. The maximum atomic E-state index is 14.7. The number of rotatable bonds is 35. The summed E-state index contributed by atoms with van der Waals surface area (Å²) in [5.41, 5.74) is 30.4. The number of carboxylic acids is 1. The third kappa shape index (κ3) is 23.0. The van der Waals surface area contributed by atoms with E-state index in [0.717, 1.165) is 10.9 Å². The minimum absolute atomic E-state index is 0.00698. The molecule has 0 bridgehead atoms. The van der Waals surface area contributed by atoms with E-state index in [1.807, 2.05) is 38.1 Å². The van der Waals surface area contributed by atoms with Crippen molar-refractivity contribution in [2.75, 3.05) is 31.1 Å². The summed E-state index contributed by atoms with van der Waals surface area (Å²) in [6.45, 7) is 6.55. The van der Waals surface area contributed by atoms with Crippen LogP contribution in [0.3, 0.4) is 0 Å². The molecule has 3 rings (SSSR count). The van der Waals surface area contributed by atoms with E-state index in [1.165, 1.54) is 0 Å². The van der Waals surface area contributed by atoms with Crippen LogP contribution in [0.4, 0.5) is 0 Å². The van der Waals surface area contributed by atoms with Gasteiger partial charge in [0.25, 0.3) is 0 Å². The highest BCUT2D eigenvalue weighted by Gasteiger charge is 2.35. The molecule has 28 heteroatoms. The van der Waals surface area contributed by atoms with Gasteiger partial charge in [0.1, 0.15) is 42.3 Å². The number of H-pyrrole nitrogens is 1. The number of guanidine groups is 2. The smallest absolute Gasteiger partial charge is 0.327 e. The monoisotopic (exact) mass is 1150 g/mol. The molecule has 0 saturated heterocycles. The fraction of sp³-hybridized carbons (Fsp3) is 0.519. The van der Waals surface area contributed by atoms with Crippen molar-refractivity contribution in [3.05, 3.63) is 71.9 Å². The van der Waals surface area contributed by atoms with Crippen LogP contribution in [-0.2, 0) is 56.0 Å². The van der Waals surface area contributed by atoms with Gasteiger partial charge in [0, 0.05) is 54.5 Å². The fourth-order valence-corrected chi connectivity index (χ4v) is 8.56. The summed E-state index contributed by atoms with van der Waals surface area (Å²) >= 11 is 8.08. The van der Waals surface area contributed by atoms with Gasteiger partial charge in [0.2, 0.25) is 47.3 Å². The average molecular weight is 1150 g/mol. The minimum atomic E-state index is -1.40. The Bertz CT molecular complexity index is 2610. The molecule has 0 aliphatic carbocycles. The van der Waals surface area contributed by atoms with E-state index < -0.39 is 114 Å². The quantitative estimate of drug-likeness (QED) is 0.0130. The SMILES string of the molecule is CC[C@H](C)[C@H](NC(=O)[C@H](CCCN=C(N)N)NC(=O)[C@H](CCCN=C(N)N)NC(=O)[C@H](Cc1ccccc1)NC(=O)[C@H](CC(C)C)NC(=O)[C@H](Cc1c[nH]c2ccccc12)NC(=O)[C@@H](N)CS)C(=O)NCC(=O)N[C@@H](CS)C(=O)O. The third-order valence-corrected chi connectivity index (χ3v) is 13.5. The molecule has 440 valence electrons. The number of amides is 8. The molecular formula is C52H80N16O10S2. The number of aromatic nitrogens is 1. The number of nitrogens with one attached hydrogen (secondary N) is 9. The number of fused-ring (bicyclic) bond motifs is 1. The first-order chi connectivity index (χ1) is 38.0. The topological polar surface area (TPSA) is 441 Å². The Morgan fingerprint density at radius 2 is 1.10 bits per heavy atom. The highest BCUT2D eigenvalue weighted by molar-refractivity contribution is 7.80. The Morgan fingerprint density at radius 3 is 1.64 bits per heavy atom. The predicted molar refractivity (Wildman–Crippen MR) is 311 cm³/mol. The summed E-state index contributed by atoms with van der Waals surface area (Å²) in [4.78, 5) is 134. The maximum Gasteiger partial charge on any atom is 0.327 e. The molecule has 2 aromatic carbocycles. The van der Waals surface area contributed by atoms with Crippen LogP contribution >= 0.6 is 25.3 Å². The molecule has 1 heterocycles. The van der Waals surface area contributed by atoms with E-state index in [-0.39, 0.29) is 87.4 Å². The lowest BCUT2D eigenvalue weighted by Gasteiger charge is -2.29. The average Bonchev–Trinajstić information content (AvgIpc) is 3.84. The van der Waals surface area contributed by atoms with E-state index in [2.05, 4.69) is 82.8 Å². The first-order valence-electron chi connectivity index (χ1n) is 26.3. The van der Waals surface area contributed by atoms with Gasteiger partial charge in [0.15, 0.2) is 11.9 Å². The molecule has 20 N–H and O–H groups in total. The number of carboxylic acid groups (broad SMARTS) is 1. The molecule has 0 unspecified atom stereocenters. The summed E-state index contributed by atoms with van der Waals surface area (Å²) in [5.74, 6) is -8.86. The van der Waals surface area contributed by atoms with Gasteiger partial charge in [-0.2, -0.15) is 25.3 Å². The summed E-state index contributed by atoms with van der Waals surface area (Å²) in [6.07, 6.45) is 2.24. The Balaban J connectivity index is 1.99. The van der Waals surface area contributed by atoms with Crippen molar-refractivity contribution in [3.8, 4) is 0 Å². The van der Waals surface area contributed by atoms with Crippen LogP contribution in [0.25, 0.3) is 10.9 Å². The number of hydrogen-bond donors (Lipinski definition) is 17. The normalized spacial score (nSPS) is 14.4. The van der Waals surface area contributed by atoms with Crippen LogP contribution in [0.2, 0.25) is 0 Å². The summed E-state index contributed by atoms with van der Waals surface area (Å²) in [5, 5.41) is 31.2. The molecule has 0 aliphatic heterocycles. The van der Waals surface area contributed by atoms with Crippen LogP contribution < -0.4 is 71.2 Å². The van der Waals surface area contributed by atoms with Gasteiger partial charge in [-0.05, 0) is 61.1 Å². The van der Waals surface area contributed by atoms with Gasteiger partial charge in [0.05, 0.1) is 12.6 Å². The van der Waals surface area contributed by atoms with Crippen LogP contribution in [0.1, 0.15) is 77.3 Å². The zero-order valence-electron chi connectivity index (χ0n) is 45.5. The zero-order chi connectivity index (χ0) is 59.5. The Kier molecular flexibility index (Phi) is 28.7. The molecule has 0 saturated carbocycles. The van der Waals surface area contributed by atoms with E-state index in [9.17, 15) is 48.3 Å². The lowest BCUT2D eigenvalue weighted by Crippen LogP contribution is -2.61. The standard InChI is InChI=1S/C52H80N16O10S2/c1-5-29(4)42(49(76)61-25-41(69)62-40(27-80)50(77)78)68-45(72)36(18-12-20-59-52(56)57)63-44(71)35(17-11-19-58-51(54)55)64-47(74)38(22-30-13-7-6-8-14-30)67-46(73)37(21-28(2)3)66-48(75)39(65-43(70)33(53)26-79)23-31-24-60-34-16-10-9-15-32(31)34/h6-10,13-16,24,28-29,33,35-40,42,60,79-80H,5,11-12,17-23,25-27,53H2,1-4H3,(H,61,76)(H,62,69)(H,63,71)(H,64,74)(H,65,70)(H,66,75)(H,67,73)(H,68,72)(H,77,78)(H4,54,55,58)(H4,56,57,59)/t29-,33-,35-,36-,37-,38-,39-,40-,42-/m0/s1. The third-order valence-electron chi connectivity index (χ3n) is 12.7.